The highest BCUT2D eigenvalue weighted by Crippen LogP contribution is 2.61. The number of fused-ring (bicyclic) bond motifs is 11. The average Bonchev–Trinajstić information content (AvgIpc) is 3.46. The monoisotopic (exact) mass is 605 g/mol. The first kappa shape index (κ1) is 25.8. The van der Waals surface area contributed by atoms with Gasteiger partial charge in [-0.25, -0.2) is 0 Å². The van der Waals surface area contributed by atoms with Gasteiger partial charge in [0.05, 0.1) is 16.4 Å². The molecule has 7 aromatic carbocycles. The molecule has 0 aliphatic carbocycles. The number of aromatic nitrogens is 1. The molecule has 0 atom stereocenters. The van der Waals surface area contributed by atoms with Gasteiger partial charge < -0.3 is 9.30 Å². The molecule has 1 spiro atoms. The summed E-state index contributed by atoms with van der Waals surface area (Å²) in [6, 6.07) is 59.4. The number of rotatable bonds is 2. The highest BCUT2D eigenvalue weighted by Gasteiger charge is 2.49. The van der Waals surface area contributed by atoms with Gasteiger partial charge in [0.25, 0.3) is 0 Å². The van der Waals surface area contributed by atoms with Crippen molar-refractivity contribution >= 4 is 33.6 Å². The molecule has 3 heterocycles. The van der Waals surface area contributed by atoms with Crippen molar-refractivity contribution in [1.82, 2.24) is 4.57 Å². The van der Waals surface area contributed by atoms with Gasteiger partial charge in [0.2, 0.25) is 0 Å². The van der Waals surface area contributed by atoms with E-state index in [2.05, 4.69) is 168 Å². The molecule has 216 valence electrons. The fourth-order valence-corrected chi connectivity index (χ4v) is 8.97. The van der Waals surface area contributed by atoms with E-state index in [4.69, 9.17) is 4.74 Å². The van der Waals surface area contributed by atoms with Gasteiger partial charge in [0, 0.05) is 37.4 Å². The van der Waals surface area contributed by atoms with Crippen LogP contribution in [0.1, 0.15) is 22.3 Å². The van der Waals surface area contributed by atoms with E-state index in [1.165, 1.54) is 65.0 Å². The zero-order chi connectivity index (χ0) is 30.2. The molecule has 0 saturated heterocycles. The van der Waals surface area contributed by atoms with E-state index in [-0.39, 0.29) is 0 Å². The van der Waals surface area contributed by atoms with Crippen molar-refractivity contribution in [3.63, 3.8) is 0 Å². The summed E-state index contributed by atoms with van der Waals surface area (Å²) < 4.78 is 8.93. The second-order valence-corrected chi connectivity index (χ2v) is 13.2. The fraction of sp³-hybridized carbons (Fsp3) is 0.0233. The van der Waals surface area contributed by atoms with Gasteiger partial charge in [-0.15, -0.1) is 0 Å². The molecule has 0 bridgehead atoms. The molecule has 1 aromatic heterocycles. The summed E-state index contributed by atoms with van der Waals surface area (Å²) in [6.45, 7) is 0. The molecule has 2 aliphatic rings. The summed E-state index contributed by atoms with van der Waals surface area (Å²) in [5, 5.41) is 2.55. The third-order valence-electron chi connectivity index (χ3n) is 9.74. The Morgan fingerprint density at radius 3 is 1.63 bits per heavy atom. The van der Waals surface area contributed by atoms with Gasteiger partial charge in [0.1, 0.15) is 11.5 Å². The quantitative estimate of drug-likeness (QED) is 0.195. The molecule has 2 aliphatic heterocycles. The van der Waals surface area contributed by atoms with E-state index >= 15 is 0 Å². The second kappa shape index (κ2) is 9.74. The molecule has 0 fully saturated rings. The predicted molar refractivity (Wildman–Crippen MR) is 189 cm³/mol. The van der Waals surface area contributed by atoms with Crippen LogP contribution in [0.3, 0.4) is 0 Å². The summed E-state index contributed by atoms with van der Waals surface area (Å²) in [6.07, 6.45) is 0. The highest BCUT2D eigenvalue weighted by molar-refractivity contribution is 7.99. The second-order valence-electron chi connectivity index (χ2n) is 12.1. The van der Waals surface area contributed by atoms with Crippen LogP contribution in [0.2, 0.25) is 0 Å². The van der Waals surface area contributed by atoms with Gasteiger partial charge in [-0.1, -0.05) is 121 Å². The number of hydrogen-bond acceptors (Lipinski definition) is 2. The first-order valence-corrected chi connectivity index (χ1v) is 16.5. The van der Waals surface area contributed by atoms with Crippen molar-refractivity contribution in [2.45, 2.75) is 15.2 Å². The Labute approximate surface area is 271 Å². The van der Waals surface area contributed by atoms with E-state index in [9.17, 15) is 0 Å². The van der Waals surface area contributed by atoms with Crippen molar-refractivity contribution in [2.24, 2.45) is 0 Å². The number of ether oxygens (including phenoxy) is 1. The average molecular weight is 606 g/mol. The fourth-order valence-electron chi connectivity index (χ4n) is 7.80. The highest BCUT2D eigenvalue weighted by atomic mass is 32.2. The molecular weight excluding hydrogens is 579 g/mol. The number of hydrogen-bond donors (Lipinski definition) is 0. The lowest BCUT2D eigenvalue weighted by atomic mass is 9.63. The maximum Gasteiger partial charge on any atom is 0.132 e. The Balaban J connectivity index is 1.18. The number of benzene rings is 7. The molecule has 3 heteroatoms. The summed E-state index contributed by atoms with van der Waals surface area (Å²) in [5.41, 5.74) is 10.5. The first-order chi connectivity index (χ1) is 22.8. The smallest absolute Gasteiger partial charge is 0.132 e. The van der Waals surface area contributed by atoms with Crippen LogP contribution >= 0.6 is 11.8 Å². The van der Waals surface area contributed by atoms with E-state index < -0.39 is 5.41 Å². The molecule has 0 saturated carbocycles. The SMILES string of the molecule is c1ccc2c(c1)Oc1ccccc1C21c2ccccc2Sc2ccc(-c3ccc(-n4c5ccccc5c5ccccc54)cc3)cc21. The maximum atomic E-state index is 6.55. The Morgan fingerprint density at radius 2 is 0.957 bits per heavy atom. The lowest BCUT2D eigenvalue weighted by molar-refractivity contribution is 0.431. The molecular formula is C43H27NOS. The van der Waals surface area contributed by atoms with Crippen molar-refractivity contribution in [2.75, 3.05) is 0 Å². The summed E-state index contributed by atoms with van der Waals surface area (Å²) in [7, 11) is 0. The predicted octanol–water partition coefficient (Wildman–Crippen LogP) is 11.4. The minimum Gasteiger partial charge on any atom is -0.457 e. The zero-order valence-electron chi connectivity index (χ0n) is 24.9. The van der Waals surface area contributed by atoms with Crippen molar-refractivity contribution in [1.29, 1.82) is 0 Å². The molecule has 46 heavy (non-hydrogen) atoms. The van der Waals surface area contributed by atoms with Gasteiger partial charge in [-0.3, -0.25) is 0 Å². The van der Waals surface area contributed by atoms with E-state index in [0.29, 0.717) is 0 Å². The third-order valence-corrected chi connectivity index (χ3v) is 10.9. The van der Waals surface area contributed by atoms with Gasteiger partial charge in [0.15, 0.2) is 0 Å². The minimum atomic E-state index is -0.498. The maximum absolute atomic E-state index is 6.55. The van der Waals surface area contributed by atoms with Crippen LogP contribution in [0.5, 0.6) is 11.5 Å². The molecule has 0 unspecified atom stereocenters. The van der Waals surface area contributed by atoms with Gasteiger partial charge in [-0.2, -0.15) is 0 Å². The van der Waals surface area contributed by atoms with Crippen molar-refractivity contribution in [3.8, 4) is 28.3 Å². The Morgan fingerprint density at radius 1 is 0.435 bits per heavy atom. The Hall–Kier alpha value is -5.51. The largest absolute Gasteiger partial charge is 0.457 e. The molecule has 0 amide bonds. The Kier molecular flexibility index (Phi) is 5.46. The summed E-state index contributed by atoms with van der Waals surface area (Å²) in [5.74, 6) is 1.82. The lowest BCUT2D eigenvalue weighted by Crippen LogP contribution is -2.36. The summed E-state index contributed by atoms with van der Waals surface area (Å²) >= 11 is 1.86. The van der Waals surface area contributed by atoms with Crippen molar-refractivity contribution in [3.05, 3.63) is 186 Å². The van der Waals surface area contributed by atoms with Crippen LogP contribution in [0.15, 0.2) is 174 Å². The standard InChI is InChI=1S/C43H27NOS/c1-6-16-37-31(11-1)32-12-2-7-17-38(32)44(37)30-24-21-28(22-25-30)29-23-26-42-36(27-29)43(35-15-5-10-20-41(35)46-42)33-13-3-8-18-39(33)45-40-19-9-4-14-34(40)43/h1-27H. The van der Waals surface area contributed by atoms with E-state index in [1.807, 2.05) is 11.8 Å². The van der Waals surface area contributed by atoms with Crippen molar-refractivity contribution < 1.29 is 4.74 Å². The van der Waals surface area contributed by atoms with Crippen LogP contribution in [0, 0.1) is 0 Å². The van der Waals surface area contributed by atoms with E-state index in [0.717, 1.165) is 17.2 Å². The number of para-hydroxylation sites is 4. The zero-order valence-corrected chi connectivity index (χ0v) is 25.7. The van der Waals surface area contributed by atoms with Crippen LogP contribution in [0.25, 0.3) is 38.6 Å². The first-order valence-electron chi connectivity index (χ1n) is 15.7. The topological polar surface area (TPSA) is 14.2 Å². The van der Waals surface area contributed by atoms with Gasteiger partial charge >= 0.3 is 0 Å². The molecule has 2 nitrogen and oxygen atoms in total. The van der Waals surface area contributed by atoms with Crippen LogP contribution in [-0.4, -0.2) is 4.57 Å². The molecule has 8 aromatic rings. The Bertz CT molecular complexity index is 2330. The minimum absolute atomic E-state index is 0.498. The van der Waals surface area contributed by atoms with E-state index in [1.54, 1.807) is 0 Å². The summed E-state index contributed by atoms with van der Waals surface area (Å²) in [4.78, 5) is 2.56. The molecule has 0 radical (unpaired) electrons. The molecule has 0 N–H and O–H groups in total. The van der Waals surface area contributed by atoms with Crippen LogP contribution < -0.4 is 4.74 Å². The van der Waals surface area contributed by atoms with Crippen LogP contribution in [0.4, 0.5) is 0 Å². The van der Waals surface area contributed by atoms with Gasteiger partial charge in [-0.05, 0) is 76.9 Å². The number of nitrogens with zero attached hydrogens (tertiary/aromatic N) is 1. The lowest BCUT2D eigenvalue weighted by Gasteiger charge is -2.45. The molecule has 10 rings (SSSR count). The van der Waals surface area contributed by atoms with Crippen LogP contribution in [-0.2, 0) is 5.41 Å². The normalized spacial score (nSPS) is 13.9. The third kappa shape index (κ3) is 3.49.